The summed E-state index contributed by atoms with van der Waals surface area (Å²) >= 11 is 0. The molecule has 0 aliphatic heterocycles. The highest BCUT2D eigenvalue weighted by molar-refractivity contribution is 5.00. The summed E-state index contributed by atoms with van der Waals surface area (Å²) in [7, 11) is 0. The van der Waals surface area contributed by atoms with Crippen LogP contribution >= 0.6 is 0 Å². The minimum absolute atomic E-state index is 1.05. The van der Waals surface area contributed by atoms with E-state index in [0.717, 1.165) is 19.3 Å². The van der Waals surface area contributed by atoms with E-state index in [0.29, 0.717) is 0 Å². The Kier molecular flexibility index (Phi) is 5.46. The van der Waals surface area contributed by atoms with Crippen molar-refractivity contribution in [2.75, 3.05) is 0 Å². The molecule has 0 heterocycles. The molecule has 1 aliphatic rings. The predicted molar refractivity (Wildman–Crippen MR) is 53.9 cm³/mol. The maximum absolute atomic E-state index is 3.22. The van der Waals surface area contributed by atoms with Crippen LogP contribution in [0.5, 0.6) is 0 Å². The molecular weight excluding hydrogens is 144 g/mol. The third-order valence-corrected chi connectivity index (χ3v) is 2.15. The van der Waals surface area contributed by atoms with Crippen molar-refractivity contribution >= 4 is 0 Å². The first kappa shape index (κ1) is 9.39. The summed E-state index contributed by atoms with van der Waals surface area (Å²) in [5.74, 6) is 6.42. The van der Waals surface area contributed by atoms with Crippen molar-refractivity contribution in [3.63, 3.8) is 0 Å². The summed E-state index contributed by atoms with van der Waals surface area (Å²) in [5.41, 5.74) is 0. The second-order valence-corrected chi connectivity index (χ2v) is 3.32. The third-order valence-electron chi connectivity index (χ3n) is 2.15. The van der Waals surface area contributed by atoms with Crippen LogP contribution in [0.15, 0.2) is 12.2 Å². The van der Waals surface area contributed by atoms with E-state index in [1.807, 2.05) is 0 Å². The highest BCUT2D eigenvalue weighted by Crippen LogP contribution is 2.06. The maximum atomic E-state index is 3.22. The quantitative estimate of drug-likeness (QED) is 0.376. The largest absolute Gasteiger partial charge is 0.103 e. The topological polar surface area (TPSA) is 0 Å². The van der Waals surface area contributed by atoms with Crippen LogP contribution in [0, 0.1) is 11.8 Å². The molecule has 1 aliphatic carbocycles. The number of allylic oxidation sites excluding steroid dienone is 2. The second-order valence-electron chi connectivity index (χ2n) is 3.32. The van der Waals surface area contributed by atoms with Gasteiger partial charge in [0, 0.05) is 12.8 Å². The van der Waals surface area contributed by atoms with E-state index in [1.54, 1.807) is 0 Å². The van der Waals surface area contributed by atoms with Crippen molar-refractivity contribution in [2.24, 2.45) is 0 Å². The molecular formula is C12H18. The van der Waals surface area contributed by atoms with Gasteiger partial charge in [-0.05, 0) is 25.7 Å². The fourth-order valence-corrected chi connectivity index (χ4v) is 1.40. The second kappa shape index (κ2) is 6.98. The molecule has 1 rings (SSSR count). The molecule has 0 bridgehead atoms. The van der Waals surface area contributed by atoms with E-state index in [9.17, 15) is 0 Å². The van der Waals surface area contributed by atoms with E-state index >= 15 is 0 Å². The Labute approximate surface area is 76.1 Å². The first-order chi connectivity index (χ1) is 6.00. The standard InChI is InChI=1S/C12H18/c1-2-4-6-8-10-12-11-9-7-5-3-1/h1-2H,3-7,9,11-12H2. The molecule has 0 radical (unpaired) electrons. The highest BCUT2D eigenvalue weighted by Gasteiger charge is 1.88. The molecule has 0 unspecified atom stereocenters. The average Bonchev–Trinajstić information content (AvgIpc) is 2.05. The third kappa shape index (κ3) is 5.02. The minimum atomic E-state index is 1.05. The average molecular weight is 162 g/mol. The van der Waals surface area contributed by atoms with Crippen LogP contribution < -0.4 is 0 Å². The lowest BCUT2D eigenvalue weighted by Gasteiger charge is -1.96. The van der Waals surface area contributed by atoms with Gasteiger partial charge in [-0.3, -0.25) is 0 Å². The summed E-state index contributed by atoms with van der Waals surface area (Å²) in [6.07, 6.45) is 14.6. The van der Waals surface area contributed by atoms with Crippen LogP contribution in [-0.4, -0.2) is 0 Å². The first-order valence-electron chi connectivity index (χ1n) is 5.11. The number of hydrogen-bond donors (Lipinski definition) is 0. The van der Waals surface area contributed by atoms with E-state index in [1.165, 1.54) is 32.1 Å². The van der Waals surface area contributed by atoms with Gasteiger partial charge in [-0.25, -0.2) is 0 Å². The van der Waals surface area contributed by atoms with Crippen LogP contribution in [0.3, 0.4) is 0 Å². The van der Waals surface area contributed by atoms with Gasteiger partial charge in [0.15, 0.2) is 0 Å². The lowest BCUT2D eigenvalue weighted by Crippen LogP contribution is -1.78. The molecule has 0 N–H and O–H groups in total. The monoisotopic (exact) mass is 162 g/mol. The fraction of sp³-hybridized carbons (Fsp3) is 0.667. The van der Waals surface area contributed by atoms with Crippen molar-refractivity contribution < 1.29 is 0 Å². The van der Waals surface area contributed by atoms with Crippen LogP contribution in [0.2, 0.25) is 0 Å². The Hall–Kier alpha value is -0.700. The summed E-state index contributed by atoms with van der Waals surface area (Å²) in [5, 5.41) is 0. The van der Waals surface area contributed by atoms with Crippen LogP contribution in [-0.2, 0) is 0 Å². The Bertz CT molecular complexity index is 178. The molecule has 0 saturated heterocycles. The fourth-order valence-electron chi connectivity index (χ4n) is 1.40. The van der Waals surface area contributed by atoms with Crippen molar-refractivity contribution in [2.45, 2.75) is 51.4 Å². The first-order valence-corrected chi connectivity index (χ1v) is 5.11. The summed E-state index contributed by atoms with van der Waals surface area (Å²) < 4.78 is 0. The Balaban J connectivity index is 2.23. The van der Waals surface area contributed by atoms with E-state index in [-0.39, 0.29) is 0 Å². The van der Waals surface area contributed by atoms with Gasteiger partial charge in [0.25, 0.3) is 0 Å². The molecule has 0 aromatic carbocycles. The zero-order valence-corrected chi connectivity index (χ0v) is 7.81. The lowest BCUT2D eigenvalue weighted by molar-refractivity contribution is 0.655. The van der Waals surface area contributed by atoms with Gasteiger partial charge >= 0.3 is 0 Å². The van der Waals surface area contributed by atoms with Crippen molar-refractivity contribution in [1.82, 2.24) is 0 Å². The molecule has 0 heteroatoms. The zero-order chi connectivity index (χ0) is 8.49. The maximum Gasteiger partial charge on any atom is 0.0123 e. The summed E-state index contributed by atoms with van der Waals surface area (Å²) in [6.45, 7) is 0. The molecule has 66 valence electrons. The van der Waals surface area contributed by atoms with E-state index in [4.69, 9.17) is 0 Å². The van der Waals surface area contributed by atoms with Crippen LogP contribution in [0.1, 0.15) is 51.4 Å². The molecule has 0 spiro atoms. The van der Waals surface area contributed by atoms with Gasteiger partial charge in [-0.1, -0.05) is 25.0 Å². The lowest BCUT2D eigenvalue weighted by atomic mass is 10.1. The summed E-state index contributed by atoms with van der Waals surface area (Å²) in [4.78, 5) is 0. The van der Waals surface area contributed by atoms with Gasteiger partial charge in [-0.15, -0.1) is 11.8 Å². The molecule has 0 amide bonds. The molecule has 0 aromatic rings. The Morgan fingerprint density at radius 3 is 2.42 bits per heavy atom. The molecule has 0 atom stereocenters. The van der Waals surface area contributed by atoms with Gasteiger partial charge < -0.3 is 0 Å². The Morgan fingerprint density at radius 1 is 0.667 bits per heavy atom. The smallest absolute Gasteiger partial charge is 0.0123 e. The van der Waals surface area contributed by atoms with Crippen molar-refractivity contribution in [3.8, 4) is 11.8 Å². The summed E-state index contributed by atoms with van der Waals surface area (Å²) in [6, 6.07) is 0. The molecule has 0 fully saturated rings. The SMILES string of the molecule is C1#CCCCCCCC=CCC1. The van der Waals surface area contributed by atoms with Gasteiger partial charge in [-0.2, -0.15) is 0 Å². The molecule has 0 aromatic heterocycles. The zero-order valence-electron chi connectivity index (χ0n) is 7.81. The van der Waals surface area contributed by atoms with Crippen molar-refractivity contribution in [3.05, 3.63) is 12.2 Å². The Morgan fingerprint density at radius 2 is 1.42 bits per heavy atom. The normalized spacial score (nSPS) is 20.0. The minimum Gasteiger partial charge on any atom is -0.103 e. The van der Waals surface area contributed by atoms with Gasteiger partial charge in [0.05, 0.1) is 0 Å². The highest BCUT2D eigenvalue weighted by atomic mass is 13.9. The van der Waals surface area contributed by atoms with E-state index < -0.39 is 0 Å². The van der Waals surface area contributed by atoms with E-state index in [2.05, 4.69) is 24.0 Å². The molecule has 0 saturated carbocycles. The predicted octanol–water partition coefficient (Wildman–Crippen LogP) is 3.68. The van der Waals surface area contributed by atoms with Crippen molar-refractivity contribution in [1.29, 1.82) is 0 Å². The van der Waals surface area contributed by atoms with Gasteiger partial charge in [0.2, 0.25) is 0 Å². The number of hydrogen-bond acceptors (Lipinski definition) is 0. The molecule has 12 heavy (non-hydrogen) atoms. The van der Waals surface area contributed by atoms with Crippen LogP contribution in [0.4, 0.5) is 0 Å². The van der Waals surface area contributed by atoms with Gasteiger partial charge in [0.1, 0.15) is 0 Å². The number of rotatable bonds is 0. The van der Waals surface area contributed by atoms with Crippen LogP contribution in [0.25, 0.3) is 0 Å². The molecule has 0 nitrogen and oxygen atoms in total.